The number of halogens is 1. The van der Waals surface area contributed by atoms with E-state index in [1.54, 1.807) is 7.11 Å². The first-order chi connectivity index (χ1) is 8.65. The Hall–Kier alpha value is -0.820. The minimum atomic E-state index is -0.247. The Morgan fingerprint density at radius 3 is 2.83 bits per heavy atom. The van der Waals surface area contributed by atoms with E-state index < -0.39 is 0 Å². The number of hydrogen-bond donors (Lipinski definition) is 2. The molecule has 0 heterocycles. The predicted octanol–water partition coefficient (Wildman–Crippen LogP) is 2.24. The van der Waals surface area contributed by atoms with Gasteiger partial charge in [-0.05, 0) is 48.1 Å². The van der Waals surface area contributed by atoms with Crippen LogP contribution in [-0.4, -0.2) is 32.2 Å². The van der Waals surface area contributed by atoms with Crippen LogP contribution in [0.4, 0.5) is 5.69 Å². The molecule has 0 radical (unpaired) electrons. The number of anilines is 1. The van der Waals surface area contributed by atoms with Crippen molar-refractivity contribution < 1.29 is 9.53 Å². The molecule has 0 aromatic heterocycles. The average Bonchev–Trinajstić information content (AvgIpc) is 2.37. The Kier molecular flexibility index (Phi) is 7.04. The summed E-state index contributed by atoms with van der Waals surface area (Å²) in [6, 6.07) is 7.65. The molecule has 1 atom stereocenters. The number of para-hydroxylation sites is 1. The maximum atomic E-state index is 11.8. The quantitative estimate of drug-likeness (QED) is 0.578. The van der Waals surface area contributed by atoms with Gasteiger partial charge in [-0.1, -0.05) is 12.1 Å². The number of carbonyl (C=O) groups excluding carboxylic acids is 1. The summed E-state index contributed by atoms with van der Waals surface area (Å²) in [4.78, 5) is 11.8. The summed E-state index contributed by atoms with van der Waals surface area (Å²) in [7, 11) is 1.66. The second-order valence-corrected chi connectivity index (χ2v) is 5.15. The Morgan fingerprint density at radius 2 is 2.17 bits per heavy atom. The highest BCUT2D eigenvalue weighted by molar-refractivity contribution is 14.1. The van der Waals surface area contributed by atoms with Gasteiger partial charge in [-0.3, -0.25) is 4.79 Å². The van der Waals surface area contributed by atoms with Crippen molar-refractivity contribution in [1.82, 2.24) is 5.32 Å². The Labute approximate surface area is 122 Å². The zero-order chi connectivity index (χ0) is 13.4. The van der Waals surface area contributed by atoms with Crippen molar-refractivity contribution in [2.24, 2.45) is 0 Å². The van der Waals surface area contributed by atoms with Crippen molar-refractivity contribution >= 4 is 34.2 Å². The smallest absolute Gasteiger partial charge is 0.242 e. The third kappa shape index (κ3) is 5.22. The van der Waals surface area contributed by atoms with E-state index in [0.717, 1.165) is 15.7 Å². The molecule has 1 aromatic rings. The van der Waals surface area contributed by atoms with Gasteiger partial charge in [0, 0.05) is 29.5 Å². The monoisotopic (exact) mass is 362 g/mol. The number of benzene rings is 1. The molecule has 0 bridgehead atoms. The van der Waals surface area contributed by atoms with Crippen LogP contribution in [-0.2, 0) is 9.53 Å². The molecule has 0 saturated carbocycles. The molecule has 2 N–H and O–H groups in total. The average molecular weight is 362 g/mol. The van der Waals surface area contributed by atoms with Gasteiger partial charge in [0.15, 0.2) is 0 Å². The van der Waals surface area contributed by atoms with E-state index in [2.05, 4.69) is 33.2 Å². The SMILES string of the molecule is COCCCNC(=O)C(C)Nc1ccccc1I. The molecular formula is C13H19IN2O2. The van der Waals surface area contributed by atoms with Crippen molar-refractivity contribution in [3.8, 4) is 0 Å². The molecule has 100 valence electrons. The van der Waals surface area contributed by atoms with E-state index in [9.17, 15) is 4.79 Å². The fourth-order valence-electron chi connectivity index (χ4n) is 1.46. The minimum absolute atomic E-state index is 0.00533. The van der Waals surface area contributed by atoms with Crippen molar-refractivity contribution in [3.05, 3.63) is 27.8 Å². The van der Waals surface area contributed by atoms with E-state index in [0.29, 0.717) is 13.2 Å². The van der Waals surface area contributed by atoms with Gasteiger partial charge in [-0.15, -0.1) is 0 Å². The Morgan fingerprint density at radius 1 is 1.44 bits per heavy atom. The highest BCUT2D eigenvalue weighted by Crippen LogP contribution is 2.17. The second kappa shape index (κ2) is 8.31. The lowest BCUT2D eigenvalue weighted by atomic mass is 10.2. The van der Waals surface area contributed by atoms with Crippen LogP contribution in [0.2, 0.25) is 0 Å². The fourth-order valence-corrected chi connectivity index (χ4v) is 2.00. The Balaban J connectivity index is 2.38. The maximum absolute atomic E-state index is 11.8. The molecular weight excluding hydrogens is 343 g/mol. The molecule has 4 nitrogen and oxygen atoms in total. The summed E-state index contributed by atoms with van der Waals surface area (Å²) in [6.45, 7) is 3.16. The van der Waals surface area contributed by atoms with Crippen molar-refractivity contribution in [1.29, 1.82) is 0 Å². The van der Waals surface area contributed by atoms with Crippen LogP contribution >= 0.6 is 22.6 Å². The first-order valence-electron chi connectivity index (χ1n) is 5.93. The predicted molar refractivity (Wildman–Crippen MR) is 81.7 cm³/mol. The number of methoxy groups -OCH3 is 1. The topological polar surface area (TPSA) is 50.4 Å². The zero-order valence-corrected chi connectivity index (χ0v) is 12.9. The molecule has 5 heteroatoms. The summed E-state index contributed by atoms with van der Waals surface area (Å²) < 4.78 is 6.03. The maximum Gasteiger partial charge on any atom is 0.242 e. The normalized spacial score (nSPS) is 11.9. The summed E-state index contributed by atoms with van der Waals surface area (Å²) in [5, 5.41) is 6.07. The number of amides is 1. The summed E-state index contributed by atoms with van der Waals surface area (Å²) in [6.07, 6.45) is 0.831. The molecule has 1 unspecified atom stereocenters. The first-order valence-corrected chi connectivity index (χ1v) is 7.00. The van der Waals surface area contributed by atoms with Gasteiger partial charge in [0.2, 0.25) is 5.91 Å². The summed E-state index contributed by atoms with van der Waals surface area (Å²) in [5.74, 6) is 0.00533. The molecule has 1 aromatic carbocycles. The number of hydrogen-bond acceptors (Lipinski definition) is 3. The van der Waals surface area contributed by atoms with E-state index in [4.69, 9.17) is 4.74 Å². The molecule has 0 aliphatic carbocycles. The van der Waals surface area contributed by atoms with Crippen LogP contribution in [0.5, 0.6) is 0 Å². The van der Waals surface area contributed by atoms with Crippen LogP contribution in [0, 0.1) is 3.57 Å². The van der Waals surface area contributed by atoms with Crippen LogP contribution in [0.3, 0.4) is 0 Å². The highest BCUT2D eigenvalue weighted by atomic mass is 127. The van der Waals surface area contributed by atoms with Crippen LogP contribution < -0.4 is 10.6 Å². The number of carbonyl (C=O) groups is 1. The van der Waals surface area contributed by atoms with Crippen LogP contribution in [0.25, 0.3) is 0 Å². The molecule has 1 amide bonds. The molecule has 0 saturated heterocycles. The number of ether oxygens (including phenoxy) is 1. The van der Waals surface area contributed by atoms with E-state index >= 15 is 0 Å². The first kappa shape index (κ1) is 15.2. The fraction of sp³-hybridized carbons (Fsp3) is 0.462. The zero-order valence-electron chi connectivity index (χ0n) is 10.7. The summed E-state index contributed by atoms with van der Waals surface area (Å²) >= 11 is 2.25. The molecule has 0 fully saturated rings. The third-order valence-corrected chi connectivity index (χ3v) is 3.40. The van der Waals surface area contributed by atoms with Gasteiger partial charge in [0.1, 0.15) is 6.04 Å². The lowest BCUT2D eigenvalue weighted by molar-refractivity contribution is -0.121. The second-order valence-electron chi connectivity index (χ2n) is 3.98. The van der Waals surface area contributed by atoms with Crippen molar-refractivity contribution in [2.45, 2.75) is 19.4 Å². The van der Waals surface area contributed by atoms with Gasteiger partial charge in [0.25, 0.3) is 0 Å². The standard InChI is InChI=1S/C13H19IN2O2/c1-10(13(17)15-8-5-9-18-2)16-12-7-4-3-6-11(12)14/h3-4,6-7,10,16H,5,8-9H2,1-2H3,(H,15,17). The molecule has 1 rings (SSSR count). The van der Waals surface area contributed by atoms with E-state index in [1.165, 1.54) is 0 Å². The van der Waals surface area contributed by atoms with E-state index in [1.807, 2.05) is 31.2 Å². The van der Waals surface area contributed by atoms with Gasteiger partial charge >= 0.3 is 0 Å². The molecule has 0 aliphatic heterocycles. The molecule has 0 aliphatic rings. The minimum Gasteiger partial charge on any atom is -0.385 e. The van der Waals surface area contributed by atoms with Gasteiger partial charge in [-0.2, -0.15) is 0 Å². The van der Waals surface area contributed by atoms with E-state index in [-0.39, 0.29) is 11.9 Å². The lowest BCUT2D eigenvalue weighted by Gasteiger charge is -2.16. The Bertz CT molecular complexity index is 385. The highest BCUT2D eigenvalue weighted by Gasteiger charge is 2.12. The van der Waals surface area contributed by atoms with Crippen molar-refractivity contribution in [3.63, 3.8) is 0 Å². The lowest BCUT2D eigenvalue weighted by Crippen LogP contribution is -2.38. The van der Waals surface area contributed by atoms with Crippen LogP contribution in [0.15, 0.2) is 24.3 Å². The van der Waals surface area contributed by atoms with Gasteiger partial charge in [-0.25, -0.2) is 0 Å². The van der Waals surface area contributed by atoms with Crippen LogP contribution in [0.1, 0.15) is 13.3 Å². The largest absolute Gasteiger partial charge is 0.385 e. The van der Waals surface area contributed by atoms with Crippen molar-refractivity contribution in [2.75, 3.05) is 25.6 Å². The molecule has 0 spiro atoms. The van der Waals surface area contributed by atoms with Gasteiger partial charge < -0.3 is 15.4 Å². The number of rotatable bonds is 7. The molecule has 18 heavy (non-hydrogen) atoms. The summed E-state index contributed by atoms with van der Waals surface area (Å²) in [5.41, 5.74) is 0.984. The van der Waals surface area contributed by atoms with Gasteiger partial charge in [0.05, 0.1) is 0 Å². The third-order valence-electron chi connectivity index (χ3n) is 2.46. The number of nitrogens with one attached hydrogen (secondary N) is 2.